The zero-order valence-corrected chi connectivity index (χ0v) is 11.6. The average Bonchev–Trinajstić information content (AvgIpc) is 2.84. The van der Waals surface area contributed by atoms with E-state index in [0.29, 0.717) is 12.3 Å². The van der Waals surface area contributed by atoms with Gasteiger partial charge in [-0.1, -0.05) is 6.92 Å². The Hall–Kier alpha value is -0.610. The van der Waals surface area contributed by atoms with Crippen LogP contribution in [0.25, 0.3) is 0 Å². The van der Waals surface area contributed by atoms with Crippen molar-refractivity contribution < 1.29 is 4.79 Å². The number of likely N-dealkylation sites (tertiary alicyclic amines) is 1. The molecule has 0 aliphatic carbocycles. The minimum atomic E-state index is 0.231. The summed E-state index contributed by atoms with van der Waals surface area (Å²) in [7, 11) is 0. The topological polar surface area (TPSA) is 44.4 Å². The summed E-state index contributed by atoms with van der Waals surface area (Å²) in [5.74, 6) is 1.67. The van der Waals surface area contributed by atoms with Gasteiger partial charge in [-0.05, 0) is 57.3 Å². The zero-order valence-electron chi connectivity index (χ0n) is 11.6. The molecule has 1 unspecified atom stereocenters. The molecule has 4 heteroatoms. The van der Waals surface area contributed by atoms with Crippen LogP contribution in [0.2, 0.25) is 0 Å². The second-order valence-corrected chi connectivity index (χ2v) is 5.94. The smallest absolute Gasteiger partial charge is 0.220 e. The molecule has 2 heterocycles. The van der Waals surface area contributed by atoms with Crippen molar-refractivity contribution in [2.75, 3.05) is 39.3 Å². The molecule has 18 heavy (non-hydrogen) atoms. The predicted octanol–water partition coefficient (Wildman–Crippen LogP) is 0.834. The van der Waals surface area contributed by atoms with Crippen molar-refractivity contribution in [3.05, 3.63) is 0 Å². The molecule has 2 N–H and O–H groups in total. The lowest BCUT2D eigenvalue weighted by Gasteiger charge is -2.30. The first-order chi connectivity index (χ1) is 8.74. The highest BCUT2D eigenvalue weighted by molar-refractivity contribution is 5.76. The quantitative estimate of drug-likeness (QED) is 0.763. The maximum atomic E-state index is 11.7. The summed E-state index contributed by atoms with van der Waals surface area (Å²) < 4.78 is 0. The van der Waals surface area contributed by atoms with E-state index in [4.69, 9.17) is 0 Å². The predicted molar refractivity (Wildman–Crippen MR) is 73.4 cm³/mol. The molecule has 2 rings (SSSR count). The van der Waals surface area contributed by atoms with Gasteiger partial charge in [0, 0.05) is 19.5 Å². The van der Waals surface area contributed by atoms with Crippen LogP contribution in [0.4, 0.5) is 0 Å². The van der Waals surface area contributed by atoms with Crippen LogP contribution in [-0.2, 0) is 4.79 Å². The van der Waals surface area contributed by atoms with Crippen LogP contribution in [0.3, 0.4) is 0 Å². The largest absolute Gasteiger partial charge is 0.355 e. The standard InChI is InChI=1S/C14H27N3O/c1-12-3-7-17(8-4-12)9-6-16-14(18)10-13-2-5-15-11-13/h12-13,15H,2-11H2,1H3,(H,16,18). The van der Waals surface area contributed by atoms with Crippen molar-refractivity contribution >= 4 is 5.91 Å². The van der Waals surface area contributed by atoms with Gasteiger partial charge in [0.15, 0.2) is 0 Å². The van der Waals surface area contributed by atoms with Crippen LogP contribution in [-0.4, -0.2) is 50.1 Å². The third-order valence-corrected chi connectivity index (χ3v) is 4.26. The highest BCUT2D eigenvalue weighted by atomic mass is 16.1. The Labute approximate surface area is 110 Å². The summed E-state index contributed by atoms with van der Waals surface area (Å²) in [5, 5.41) is 6.36. The molecule has 0 aromatic rings. The van der Waals surface area contributed by atoms with Crippen molar-refractivity contribution in [1.29, 1.82) is 0 Å². The minimum Gasteiger partial charge on any atom is -0.355 e. The molecule has 104 valence electrons. The molecule has 0 aromatic carbocycles. The number of nitrogens with one attached hydrogen (secondary N) is 2. The van der Waals surface area contributed by atoms with E-state index in [1.165, 1.54) is 25.9 Å². The van der Waals surface area contributed by atoms with Gasteiger partial charge in [0.2, 0.25) is 5.91 Å². The molecule has 4 nitrogen and oxygen atoms in total. The third-order valence-electron chi connectivity index (χ3n) is 4.26. The number of nitrogens with zero attached hydrogens (tertiary/aromatic N) is 1. The van der Waals surface area contributed by atoms with Crippen LogP contribution >= 0.6 is 0 Å². The van der Waals surface area contributed by atoms with Crippen molar-refractivity contribution in [3.8, 4) is 0 Å². The van der Waals surface area contributed by atoms with Gasteiger partial charge in [-0.25, -0.2) is 0 Å². The highest BCUT2D eigenvalue weighted by Gasteiger charge is 2.18. The summed E-state index contributed by atoms with van der Waals surface area (Å²) in [6, 6.07) is 0. The first-order valence-corrected chi connectivity index (χ1v) is 7.44. The molecular weight excluding hydrogens is 226 g/mol. The van der Waals surface area contributed by atoms with Gasteiger partial charge in [-0.15, -0.1) is 0 Å². The normalized spacial score (nSPS) is 26.4. The molecule has 0 aromatic heterocycles. The maximum Gasteiger partial charge on any atom is 0.220 e. The SMILES string of the molecule is CC1CCN(CCNC(=O)CC2CCNC2)CC1. The fourth-order valence-corrected chi connectivity index (χ4v) is 2.86. The molecule has 1 atom stereocenters. The lowest BCUT2D eigenvalue weighted by Crippen LogP contribution is -2.39. The van der Waals surface area contributed by atoms with E-state index in [-0.39, 0.29) is 5.91 Å². The van der Waals surface area contributed by atoms with Gasteiger partial charge < -0.3 is 15.5 Å². The summed E-state index contributed by atoms with van der Waals surface area (Å²) in [6.07, 6.45) is 4.46. The fourth-order valence-electron chi connectivity index (χ4n) is 2.86. The molecule has 0 spiro atoms. The van der Waals surface area contributed by atoms with E-state index >= 15 is 0 Å². The Balaban J connectivity index is 1.53. The van der Waals surface area contributed by atoms with Gasteiger partial charge in [0.1, 0.15) is 0 Å². The van der Waals surface area contributed by atoms with Gasteiger partial charge in [0.25, 0.3) is 0 Å². The van der Waals surface area contributed by atoms with E-state index < -0.39 is 0 Å². The van der Waals surface area contributed by atoms with E-state index in [1.807, 2.05) is 0 Å². The Bertz CT molecular complexity index is 256. The summed E-state index contributed by atoms with van der Waals surface area (Å²) in [6.45, 7) is 8.64. The fraction of sp³-hybridized carbons (Fsp3) is 0.929. The molecule has 0 radical (unpaired) electrons. The van der Waals surface area contributed by atoms with Crippen LogP contribution in [0, 0.1) is 11.8 Å². The van der Waals surface area contributed by atoms with Crippen LogP contribution in [0.1, 0.15) is 32.6 Å². The van der Waals surface area contributed by atoms with Gasteiger partial charge in [0.05, 0.1) is 0 Å². The second kappa shape index (κ2) is 7.10. The number of rotatable bonds is 5. The molecule has 0 saturated carbocycles. The summed E-state index contributed by atoms with van der Waals surface area (Å²) >= 11 is 0. The number of hydrogen-bond donors (Lipinski definition) is 2. The van der Waals surface area contributed by atoms with Crippen LogP contribution in [0.15, 0.2) is 0 Å². The first kappa shape index (κ1) is 13.8. The van der Waals surface area contributed by atoms with Crippen LogP contribution < -0.4 is 10.6 Å². The molecular formula is C14H27N3O. The summed E-state index contributed by atoms with van der Waals surface area (Å²) in [5.41, 5.74) is 0. The molecule has 2 saturated heterocycles. The Morgan fingerprint density at radius 2 is 2.11 bits per heavy atom. The molecule has 1 amide bonds. The monoisotopic (exact) mass is 253 g/mol. The number of carbonyl (C=O) groups excluding carboxylic acids is 1. The van der Waals surface area contributed by atoms with Gasteiger partial charge in [-0.3, -0.25) is 4.79 Å². The van der Waals surface area contributed by atoms with Gasteiger partial charge >= 0.3 is 0 Å². The highest BCUT2D eigenvalue weighted by Crippen LogP contribution is 2.15. The van der Waals surface area contributed by atoms with Crippen molar-refractivity contribution in [2.24, 2.45) is 11.8 Å². The zero-order chi connectivity index (χ0) is 12.8. The van der Waals surface area contributed by atoms with Crippen molar-refractivity contribution in [3.63, 3.8) is 0 Å². The second-order valence-electron chi connectivity index (χ2n) is 5.94. The molecule has 0 bridgehead atoms. The summed E-state index contributed by atoms with van der Waals surface area (Å²) in [4.78, 5) is 14.2. The van der Waals surface area contributed by atoms with Crippen molar-refractivity contribution in [2.45, 2.75) is 32.6 Å². The number of amides is 1. The number of piperidine rings is 1. The number of hydrogen-bond acceptors (Lipinski definition) is 3. The van der Waals surface area contributed by atoms with E-state index in [9.17, 15) is 4.79 Å². The lowest BCUT2D eigenvalue weighted by atomic mass is 9.99. The lowest BCUT2D eigenvalue weighted by molar-refractivity contribution is -0.121. The average molecular weight is 253 g/mol. The molecule has 2 aliphatic rings. The number of carbonyl (C=O) groups is 1. The maximum absolute atomic E-state index is 11.7. The Morgan fingerprint density at radius 1 is 1.33 bits per heavy atom. The van der Waals surface area contributed by atoms with Crippen molar-refractivity contribution in [1.82, 2.24) is 15.5 Å². The van der Waals surface area contributed by atoms with Crippen LogP contribution in [0.5, 0.6) is 0 Å². The first-order valence-electron chi connectivity index (χ1n) is 7.44. The van der Waals surface area contributed by atoms with E-state index in [0.717, 1.165) is 38.5 Å². The minimum absolute atomic E-state index is 0.231. The molecule has 2 aliphatic heterocycles. The third kappa shape index (κ3) is 4.58. The Morgan fingerprint density at radius 3 is 2.78 bits per heavy atom. The Kier molecular flexibility index (Phi) is 5.45. The van der Waals surface area contributed by atoms with Gasteiger partial charge in [-0.2, -0.15) is 0 Å². The van der Waals surface area contributed by atoms with E-state index in [1.54, 1.807) is 0 Å². The van der Waals surface area contributed by atoms with E-state index in [2.05, 4.69) is 22.5 Å². The molecule has 2 fully saturated rings.